The van der Waals surface area contributed by atoms with Crippen LogP contribution in [-0.4, -0.2) is 60.1 Å². The Morgan fingerprint density at radius 3 is 1.41 bits per heavy atom. The van der Waals surface area contributed by atoms with Gasteiger partial charge in [0.1, 0.15) is 0 Å². The van der Waals surface area contributed by atoms with Gasteiger partial charge in [0.15, 0.2) is 11.0 Å². The van der Waals surface area contributed by atoms with Crippen molar-refractivity contribution < 1.29 is 17.8 Å². The van der Waals surface area contributed by atoms with Gasteiger partial charge in [-0.25, -0.2) is 0 Å². The fourth-order valence-electron chi connectivity index (χ4n) is 3.25. The number of carbonyl (C=O) groups excluding carboxylic acids is 1. The molecule has 0 bridgehead atoms. The number of hydrogen-bond donors (Lipinski definition) is 2. The Morgan fingerprint density at radius 1 is 0.778 bits per heavy atom. The van der Waals surface area contributed by atoms with Crippen molar-refractivity contribution in [2.45, 2.75) is 115 Å². The van der Waals surface area contributed by atoms with Gasteiger partial charge in [-0.2, -0.15) is 8.42 Å². The van der Waals surface area contributed by atoms with Crippen molar-refractivity contribution in [1.82, 2.24) is 0 Å². The molecule has 1 atom stereocenters. The van der Waals surface area contributed by atoms with E-state index in [2.05, 4.69) is 6.92 Å². The molecule has 0 aliphatic heterocycles. The molecule has 0 rings (SSSR count). The van der Waals surface area contributed by atoms with E-state index in [0.29, 0.717) is 6.42 Å². The van der Waals surface area contributed by atoms with Crippen molar-refractivity contribution in [2.24, 2.45) is 5.73 Å². The van der Waals surface area contributed by atoms with Crippen LogP contribution >= 0.6 is 0 Å². The van der Waals surface area contributed by atoms with E-state index in [4.69, 9.17) is 10.3 Å². The molecule has 0 spiro atoms. The van der Waals surface area contributed by atoms with Gasteiger partial charge in [-0.15, -0.1) is 0 Å². The van der Waals surface area contributed by atoms with Crippen LogP contribution in [0.5, 0.6) is 0 Å². The molecule has 0 aromatic rings. The van der Waals surface area contributed by atoms with E-state index in [0.717, 1.165) is 12.8 Å². The second-order valence-electron chi connectivity index (χ2n) is 7.41. The minimum atomic E-state index is -4.36. The second kappa shape index (κ2) is 19.8. The normalized spacial score (nSPS) is 12.6. The molecule has 0 amide bonds. The summed E-state index contributed by atoms with van der Waals surface area (Å²) in [6, 6.07) is 0. The molecule has 0 fully saturated rings. The molecule has 0 aromatic carbocycles. The zero-order valence-electron chi connectivity index (χ0n) is 16.8. The van der Waals surface area contributed by atoms with Gasteiger partial charge in [0.25, 0.3) is 10.1 Å². The van der Waals surface area contributed by atoms with Gasteiger partial charge < -0.3 is 5.73 Å². The number of nitrogens with two attached hydrogens (primary N) is 1. The monoisotopic (exact) mass is 415 g/mol. The molecular formula is C20H42NNaO4S. The van der Waals surface area contributed by atoms with Crippen LogP contribution in [0.15, 0.2) is 0 Å². The van der Waals surface area contributed by atoms with E-state index < -0.39 is 21.2 Å². The summed E-state index contributed by atoms with van der Waals surface area (Å²) in [6.45, 7) is 1.90. The second-order valence-corrected chi connectivity index (χ2v) is 9.00. The van der Waals surface area contributed by atoms with Gasteiger partial charge in [0.2, 0.25) is 0 Å². The van der Waals surface area contributed by atoms with E-state index >= 15 is 0 Å². The van der Waals surface area contributed by atoms with Gasteiger partial charge in [-0.3, -0.25) is 9.35 Å². The van der Waals surface area contributed by atoms with Gasteiger partial charge in [-0.05, 0) is 6.42 Å². The zero-order valence-corrected chi connectivity index (χ0v) is 17.6. The summed E-state index contributed by atoms with van der Waals surface area (Å²) in [5, 5.41) is -1.45. The van der Waals surface area contributed by atoms with Crippen LogP contribution in [0.4, 0.5) is 0 Å². The Hall–Kier alpha value is 0.540. The summed E-state index contributed by atoms with van der Waals surface area (Å²) < 4.78 is 31.0. The van der Waals surface area contributed by atoms with Crippen LogP contribution in [0.3, 0.4) is 0 Å². The summed E-state index contributed by atoms with van der Waals surface area (Å²) in [6.07, 6.45) is 18.8. The standard InChI is InChI=1S/C20H41NO4S.Na.H/c1-2-3-4-5-6-7-8-9-10-11-12-13-14-15-16-17-19(22)20(18-21)26(23,24)25;;/h20H,2-18,21H2,1H3,(H,23,24,25);;. The molecule has 0 aromatic heterocycles. The van der Waals surface area contributed by atoms with Crippen LogP contribution in [0.2, 0.25) is 0 Å². The third kappa shape index (κ3) is 18.3. The summed E-state index contributed by atoms with van der Waals surface area (Å²) in [5.41, 5.74) is 5.26. The summed E-state index contributed by atoms with van der Waals surface area (Å²) in [4.78, 5) is 11.7. The maximum absolute atomic E-state index is 11.7. The molecule has 0 heterocycles. The molecule has 5 nitrogen and oxygen atoms in total. The topological polar surface area (TPSA) is 97.5 Å². The van der Waals surface area contributed by atoms with Crippen LogP contribution in [0.25, 0.3) is 0 Å². The summed E-state index contributed by atoms with van der Waals surface area (Å²) >= 11 is 0. The van der Waals surface area contributed by atoms with Gasteiger partial charge in [0.05, 0.1) is 0 Å². The van der Waals surface area contributed by atoms with Crippen molar-refractivity contribution in [3.63, 3.8) is 0 Å². The van der Waals surface area contributed by atoms with Crippen LogP contribution in [0, 0.1) is 0 Å². The first-order chi connectivity index (χ1) is 12.4. The SMILES string of the molecule is CCCCCCCCCCCCCCCCCC(=O)C(CN)S(=O)(=O)O.[NaH]. The van der Waals surface area contributed by atoms with Gasteiger partial charge in [0, 0.05) is 13.0 Å². The number of unbranched alkanes of at least 4 members (excludes halogenated alkanes) is 14. The average molecular weight is 416 g/mol. The van der Waals surface area contributed by atoms with Crippen molar-refractivity contribution in [3.8, 4) is 0 Å². The number of ketones is 1. The quantitative estimate of drug-likeness (QED) is 0.185. The van der Waals surface area contributed by atoms with Crippen molar-refractivity contribution >= 4 is 45.5 Å². The Bertz CT molecular complexity index is 443. The number of Topliss-reactive ketones (excluding diaryl/α,β-unsaturated/α-hetero) is 1. The molecule has 27 heavy (non-hydrogen) atoms. The fourth-order valence-corrected chi connectivity index (χ4v) is 3.94. The Balaban J connectivity index is 0. The molecule has 3 N–H and O–H groups in total. The zero-order chi connectivity index (χ0) is 19.7. The Morgan fingerprint density at radius 2 is 1.11 bits per heavy atom. The van der Waals surface area contributed by atoms with Crippen molar-refractivity contribution in [2.75, 3.05) is 6.54 Å². The average Bonchev–Trinajstić information content (AvgIpc) is 2.57. The number of carbonyl (C=O) groups is 1. The number of hydrogen-bond acceptors (Lipinski definition) is 4. The minimum absolute atomic E-state index is 0. The first kappa shape index (κ1) is 29.7. The first-order valence-corrected chi connectivity index (χ1v) is 12.1. The van der Waals surface area contributed by atoms with Gasteiger partial charge >= 0.3 is 29.6 Å². The molecule has 7 heteroatoms. The van der Waals surface area contributed by atoms with E-state index in [-0.39, 0.29) is 42.5 Å². The van der Waals surface area contributed by atoms with Crippen molar-refractivity contribution in [3.05, 3.63) is 0 Å². The van der Waals surface area contributed by atoms with Gasteiger partial charge in [-0.1, -0.05) is 96.8 Å². The van der Waals surface area contributed by atoms with Crippen LogP contribution in [0.1, 0.15) is 110 Å². The van der Waals surface area contributed by atoms with E-state index in [1.54, 1.807) is 0 Å². The summed E-state index contributed by atoms with van der Waals surface area (Å²) in [7, 11) is -4.36. The Kier molecular flexibility index (Phi) is 21.9. The van der Waals surface area contributed by atoms with E-state index in [1.807, 2.05) is 0 Å². The predicted octanol–water partition coefficient (Wildman–Crippen LogP) is 4.38. The van der Waals surface area contributed by atoms with Crippen LogP contribution < -0.4 is 5.73 Å². The molecule has 0 saturated carbocycles. The van der Waals surface area contributed by atoms with Crippen LogP contribution in [-0.2, 0) is 14.9 Å². The van der Waals surface area contributed by atoms with E-state index in [9.17, 15) is 13.2 Å². The summed E-state index contributed by atoms with van der Waals surface area (Å²) in [5.74, 6) is -0.468. The predicted molar refractivity (Wildman–Crippen MR) is 116 cm³/mol. The number of rotatable bonds is 19. The first-order valence-electron chi connectivity index (χ1n) is 10.6. The third-order valence-electron chi connectivity index (χ3n) is 4.96. The molecule has 0 radical (unpaired) electrons. The molecule has 0 aliphatic carbocycles. The molecule has 158 valence electrons. The molecular weight excluding hydrogens is 373 g/mol. The maximum atomic E-state index is 11.7. The molecule has 0 aliphatic rings. The third-order valence-corrected chi connectivity index (χ3v) is 6.13. The Labute approximate surface area is 189 Å². The fraction of sp³-hybridized carbons (Fsp3) is 0.950. The molecule has 1 unspecified atom stereocenters. The van der Waals surface area contributed by atoms with Crippen molar-refractivity contribution in [1.29, 1.82) is 0 Å². The molecule has 0 saturated heterocycles. The van der Waals surface area contributed by atoms with E-state index in [1.165, 1.54) is 77.0 Å².